The van der Waals surface area contributed by atoms with Gasteiger partial charge in [0.25, 0.3) is 0 Å². The molecule has 0 saturated carbocycles. The number of rotatable bonds is 39. The minimum atomic E-state index is -0.282. The lowest BCUT2D eigenvalue weighted by atomic mass is 9.94. The highest BCUT2D eigenvalue weighted by Gasteiger charge is 2.43. The summed E-state index contributed by atoms with van der Waals surface area (Å²) in [7, 11) is 0. The third-order valence-corrected chi connectivity index (χ3v) is 10.9. The van der Waals surface area contributed by atoms with Gasteiger partial charge in [-0.2, -0.15) is 0 Å². The molecule has 0 spiro atoms. The Balaban J connectivity index is 2.46. The first-order valence-corrected chi connectivity index (χ1v) is 22.4. The maximum absolute atomic E-state index is 12.9. The van der Waals surface area contributed by atoms with Crippen LogP contribution >= 0.6 is 0 Å². The minimum Gasteiger partial charge on any atom is -0.465 e. The number of likely N-dealkylation sites (N-methyl/N-ethyl adjacent to an activating group) is 1. The second kappa shape index (κ2) is 33.8. The number of hydrogen-bond acceptors (Lipinski definition) is 7. The summed E-state index contributed by atoms with van der Waals surface area (Å²) in [4.78, 5) is 17.8. The lowest BCUT2D eigenvalue weighted by molar-refractivity contribution is -0.145. The maximum Gasteiger partial charge on any atom is 0.305 e. The standard InChI is InChI=1S/C44H88N2O5/c1-8-13-16-19-21-23-25-29-40(30-26-24-22-20-17-14-9-2)38-49-42(47)33-28-32-41(31-27-18-15-10-3)50-44-43(51-44)48-37-36-46(39(6)7)35-34-45(11-4)12-5/h39-41,43-44H,8-38H2,1-7H3. The van der Waals surface area contributed by atoms with Crippen molar-refractivity contribution in [1.29, 1.82) is 0 Å². The van der Waals surface area contributed by atoms with Crippen molar-refractivity contribution in [3.8, 4) is 0 Å². The second-order valence-electron chi connectivity index (χ2n) is 15.8. The SMILES string of the molecule is CCCCCCCCCC(CCCCCCCCC)COC(=O)CCCC(CCCCCC)OC1OC1OCCN(CCN(CC)CC)C(C)C. The summed E-state index contributed by atoms with van der Waals surface area (Å²) in [5, 5.41) is 0. The fourth-order valence-electron chi connectivity index (χ4n) is 7.14. The molecule has 0 aromatic heterocycles. The van der Waals surface area contributed by atoms with Crippen LogP contribution in [-0.4, -0.2) is 86.4 Å². The monoisotopic (exact) mass is 725 g/mol. The highest BCUT2D eigenvalue weighted by atomic mass is 16.9. The van der Waals surface area contributed by atoms with Crippen molar-refractivity contribution in [3.63, 3.8) is 0 Å². The Hall–Kier alpha value is -0.730. The number of unbranched alkanes of at least 4 members (excludes halogenated alkanes) is 15. The Labute approximate surface area is 318 Å². The van der Waals surface area contributed by atoms with E-state index in [1.54, 1.807) is 0 Å². The van der Waals surface area contributed by atoms with Gasteiger partial charge in [0, 0.05) is 32.1 Å². The van der Waals surface area contributed by atoms with Gasteiger partial charge in [-0.15, -0.1) is 0 Å². The lowest BCUT2D eigenvalue weighted by Gasteiger charge is -2.29. The van der Waals surface area contributed by atoms with Crippen LogP contribution in [0.4, 0.5) is 0 Å². The first kappa shape index (κ1) is 48.3. The quantitative estimate of drug-likeness (QED) is 0.0355. The number of carbonyl (C=O) groups is 1. The van der Waals surface area contributed by atoms with Gasteiger partial charge in [0.1, 0.15) is 0 Å². The molecule has 3 unspecified atom stereocenters. The fraction of sp³-hybridized carbons (Fsp3) is 0.977. The van der Waals surface area contributed by atoms with E-state index in [1.807, 2.05) is 0 Å². The molecule has 0 aromatic carbocycles. The fourth-order valence-corrected chi connectivity index (χ4v) is 7.14. The van der Waals surface area contributed by atoms with E-state index < -0.39 is 0 Å². The molecule has 0 aromatic rings. The molecule has 1 rings (SSSR count). The second-order valence-corrected chi connectivity index (χ2v) is 15.8. The summed E-state index contributed by atoms with van der Waals surface area (Å²) in [5.74, 6) is 0.470. The predicted octanol–water partition coefficient (Wildman–Crippen LogP) is 11.7. The molecule has 1 aliphatic heterocycles. The van der Waals surface area contributed by atoms with Crippen molar-refractivity contribution in [1.82, 2.24) is 9.80 Å². The largest absolute Gasteiger partial charge is 0.465 e. The van der Waals surface area contributed by atoms with Crippen molar-refractivity contribution in [2.45, 2.75) is 227 Å². The van der Waals surface area contributed by atoms with Crippen LogP contribution in [0.25, 0.3) is 0 Å². The van der Waals surface area contributed by atoms with E-state index in [9.17, 15) is 4.79 Å². The van der Waals surface area contributed by atoms with Crippen LogP contribution in [0.2, 0.25) is 0 Å². The van der Waals surface area contributed by atoms with Gasteiger partial charge in [0.15, 0.2) is 0 Å². The Bertz CT molecular complexity index is 746. The number of epoxide rings is 1. The smallest absolute Gasteiger partial charge is 0.305 e. The van der Waals surface area contributed by atoms with Gasteiger partial charge in [-0.25, -0.2) is 0 Å². The zero-order valence-electron chi connectivity index (χ0n) is 35.2. The third kappa shape index (κ3) is 27.5. The summed E-state index contributed by atoms with van der Waals surface area (Å²) in [6.07, 6.45) is 28.6. The summed E-state index contributed by atoms with van der Waals surface area (Å²) in [6.45, 7) is 22.2. The molecule has 1 heterocycles. The van der Waals surface area contributed by atoms with Gasteiger partial charge in [0.2, 0.25) is 12.6 Å². The molecule has 1 fully saturated rings. The highest BCUT2D eigenvalue weighted by Crippen LogP contribution is 2.29. The third-order valence-electron chi connectivity index (χ3n) is 10.9. The van der Waals surface area contributed by atoms with Crippen LogP contribution < -0.4 is 0 Å². The predicted molar refractivity (Wildman–Crippen MR) is 216 cm³/mol. The van der Waals surface area contributed by atoms with Crippen molar-refractivity contribution in [2.24, 2.45) is 5.92 Å². The minimum absolute atomic E-state index is 0.0385. The van der Waals surface area contributed by atoms with E-state index in [1.165, 1.54) is 122 Å². The molecule has 0 aliphatic carbocycles. The molecule has 1 saturated heterocycles. The van der Waals surface area contributed by atoms with Crippen LogP contribution in [0.5, 0.6) is 0 Å². The van der Waals surface area contributed by atoms with Crippen molar-refractivity contribution in [2.75, 3.05) is 45.9 Å². The Morgan fingerprint density at radius 1 is 0.608 bits per heavy atom. The molecule has 3 atom stereocenters. The summed E-state index contributed by atoms with van der Waals surface area (Å²) in [6, 6.07) is 0.483. The van der Waals surface area contributed by atoms with E-state index in [0.29, 0.717) is 31.6 Å². The number of hydrogen-bond donors (Lipinski definition) is 0. The number of ether oxygens (including phenoxy) is 4. The van der Waals surface area contributed by atoms with Crippen LogP contribution in [0.15, 0.2) is 0 Å². The van der Waals surface area contributed by atoms with Gasteiger partial charge in [-0.05, 0) is 65.0 Å². The summed E-state index contributed by atoms with van der Waals surface area (Å²) >= 11 is 0. The average molecular weight is 725 g/mol. The first-order valence-electron chi connectivity index (χ1n) is 22.4. The van der Waals surface area contributed by atoms with Gasteiger partial charge in [-0.1, -0.05) is 150 Å². The van der Waals surface area contributed by atoms with Crippen LogP contribution in [0, 0.1) is 5.92 Å². The van der Waals surface area contributed by atoms with Gasteiger partial charge >= 0.3 is 5.97 Å². The van der Waals surface area contributed by atoms with Crippen molar-refractivity contribution >= 4 is 5.97 Å². The van der Waals surface area contributed by atoms with E-state index in [0.717, 1.165) is 58.4 Å². The molecule has 1 aliphatic rings. The van der Waals surface area contributed by atoms with Crippen LogP contribution in [0.1, 0.15) is 203 Å². The van der Waals surface area contributed by atoms with Crippen LogP contribution in [-0.2, 0) is 23.7 Å². The molecule has 0 radical (unpaired) electrons. The van der Waals surface area contributed by atoms with Crippen molar-refractivity contribution < 1.29 is 23.7 Å². The normalized spacial score (nSPS) is 16.6. The van der Waals surface area contributed by atoms with Gasteiger partial charge in [-0.3, -0.25) is 9.69 Å². The van der Waals surface area contributed by atoms with Crippen LogP contribution in [0.3, 0.4) is 0 Å². The van der Waals surface area contributed by atoms with Crippen molar-refractivity contribution in [3.05, 3.63) is 0 Å². The molecule has 0 bridgehead atoms. The molecule has 304 valence electrons. The maximum atomic E-state index is 12.9. The lowest BCUT2D eigenvalue weighted by Crippen LogP contribution is -2.40. The van der Waals surface area contributed by atoms with E-state index in [2.05, 4.69) is 58.3 Å². The highest BCUT2D eigenvalue weighted by molar-refractivity contribution is 5.69. The first-order chi connectivity index (χ1) is 24.9. The molecule has 0 N–H and O–H groups in total. The Morgan fingerprint density at radius 2 is 1.12 bits per heavy atom. The van der Waals surface area contributed by atoms with Gasteiger partial charge in [0.05, 0.1) is 19.3 Å². The molecule has 7 heteroatoms. The molecular formula is C44H88N2O5. The average Bonchev–Trinajstić information content (AvgIpc) is 3.87. The number of carbonyl (C=O) groups excluding carboxylic acids is 1. The van der Waals surface area contributed by atoms with Gasteiger partial charge < -0.3 is 23.8 Å². The summed E-state index contributed by atoms with van der Waals surface area (Å²) < 4.78 is 24.2. The molecular weight excluding hydrogens is 636 g/mol. The Morgan fingerprint density at radius 3 is 1.67 bits per heavy atom. The Kier molecular flexibility index (Phi) is 32.0. The molecule has 0 amide bonds. The summed E-state index contributed by atoms with van der Waals surface area (Å²) in [5.41, 5.74) is 0. The topological polar surface area (TPSA) is 63.8 Å². The van der Waals surface area contributed by atoms with E-state index >= 15 is 0 Å². The molecule has 51 heavy (non-hydrogen) atoms. The number of nitrogens with zero attached hydrogens (tertiary/aromatic N) is 2. The van der Waals surface area contributed by atoms with E-state index in [-0.39, 0.29) is 24.7 Å². The molecule has 7 nitrogen and oxygen atoms in total. The number of esters is 1. The van der Waals surface area contributed by atoms with E-state index in [4.69, 9.17) is 18.9 Å². The zero-order valence-corrected chi connectivity index (χ0v) is 35.2. The zero-order chi connectivity index (χ0) is 37.4.